The molecule has 0 aromatic heterocycles. The smallest absolute Gasteiger partial charge is 0.0927 e. The van der Waals surface area contributed by atoms with Crippen molar-refractivity contribution in [1.29, 1.82) is 0 Å². The zero-order valence-corrected chi connectivity index (χ0v) is 18.8. The van der Waals surface area contributed by atoms with Gasteiger partial charge in [0.1, 0.15) is 0 Å². The van der Waals surface area contributed by atoms with E-state index in [9.17, 15) is 0 Å². The van der Waals surface area contributed by atoms with Crippen LogP contribution in [0.15, 0.2) is 3.34 Å². The standard InChI is InChI=1S/2C7H13.C4H9N.C3H7.Nb/c2*1-7-5-3-2-4-6-7;1-3-4(2)5;1-3-2;/h2*2,7H,3-6H2,1H3;4H,3H2,1-2H3;1,3H2,2H3;/q2*-1;;-1;. The van der Waals surface area contributed by atoms with Crippen LogP contribution in [0.3, 0.4) is 0 Å². The Hall–Kier alpha value is 0.540. The van der Waals surface area contributed by atoms with Crippen LogP contribution in [0.25, 0.3) is 0 Å². The van der Waals surface area contributed by atoms with Gasteiger partial charge < -0.3 is 19.8 Å². The van der Waals surface area contributed by atoms with Crippen LogP contribution in [0.2, 0.25) is 0 Å². The Kier molecular flexibility index (Phi) is 23.1. The van der Waals surface area contributed by atoms with E-state index in [0.717, 1.165) is 18.3 Å². The summed E-state index contributed by atoms with van der Waals surface area (Å²) in [5, 5.41) is 0. The van der Waals surface area contributed by atoms with E-state index in [4.69, 9.17) is 0 Å². The van der Waals surface area contributed by atoms with Gasteiger partial charge >= 0.3 is 50.5 Å². The topological polar surface area (TPSA) is 12.4 Å². The summed E-state index contributed by atoms with van der Waals surface area (Å²) in [4.78, 5) is 0. The van der Waals surface area contributed by atoms with Gasteiger partial charge in [-0.15, -0.1) is 0 Å². The molecule has 2 aliphatic carbocycles. The molecule has 1 unspecified atom stereocenters. The van der Waals surface area contributed by atoms with E-state index in [1.165, 1.54) is 57.8 Å². The molecule has 2 aliphatic rings. The second kappa shape index (κ2) is 20.6. The summed E-state index contributed by atoms with van der Waals surface area (Å²) < 4.78 is 4.06. The molecule has 23 heavy (non-hydrogen) atoms. The van der Waals surface area contributed by atoms with Gasteiger partial charge in [0.2, 0.25) is 0 Å². The molecule has 0 amide bonds. The van der Waals surface area contributed by atoms with Gasteiger partial charge in [-0.1, -0.05) is 46.5 Å². The van der Waals surface area contributed by atoms with Gasteiger partial charge in [-0.25, -0.2) is 0 Å². The molecule has 139 valence electrons. The summed E-state index contributed by atoms with van der Waals surface area (Å²) in [6, 6.07) is 0.582. The first kappa shape index (κ1) is 25.8. The van der Waals surface area contributed by atoms with Crippen molar-refractivity contribution in [3.8, 4) is 0 Å². The first-order valence-electron chi connectivity index (χ1n) is 9.78. The molecular formula is C21H42NNb-3. The summed E-state index contributed by atoms with van der Waals surface area (Å²) in [6.45, 7) is 14.4. The Balaban J connectivity index is 0. The number of nitrogens with zero attached hydrogens (tertiary/aromatic N) is 1. The fourth-order valence-electron chi connectivity index (χ4n) is 2.27. The van der Waals surface area contributed by atoms with Crippen molar-refractivity contribution < 1.29 is 20.9 Å². The minimum Gasteiger partial charge on any atom is -0.344 e. The Labute approximate surface area is 160 Å². The molecule has 0 N–H and O–H groups in total. The zero-order valence-electron chi connectivity index (χ0n) is 16.6. The van der Waals surface area contributed by atoms with Crippen LogP contribution in [0.4, 0.5) is 0 Å². The van der Waals surface area contributed by atoms with Gasteiger partial charge in [-0.3, -0.25) is 0 Å². The maximum Gasteiger partial charge on any atom is -0.0927 e. The van der Waals surface area contributed by atoms with Crippen molar-refractivity contribution in [3.05, 3.63) is 19.8 Å². The van der Waals surface area contributed by atoms with Crippen LogP contribution in [-0.2, 0) is 20.9 Å². The van der Waals surface area contributed by atoms with E-state index in [0.29, 0.717) is 6.04 Å². The Bertz CT molecular complexity index is 202. The van der Waals surface area contributed by atoms with Crippen molar-refractivity contribution in [2.24, 2.45) is 15.2 Å². The first-order valence-corrected chi connectivity index (χ1v) is 10.8. The summed E-state index contributed by atoms with van der Waals surface area (Å²) in [7, 11) is 0. The van der Waals surface area contributed by atoms with Gasteiger partial charge in [0.15, 0.2) is 0 Å². The largest absolute Gasteiger partial charge is 0.344 e. The quantitative estimate of drug-likeness (QED) is 0.335. The van der Waals surface area contributed by atoms with Gasteiger partial charge in [0.25, 0.3) is 0 Å². The number of rotatable bonds is 2. The van der Waals surface area contributed by atoms with E-state index in [-0.39, 0.29) is 0 Å². The summed E-state index contributed by atoms with van der Waals surface area (Å²) in [5.41, 5.74) is 0. The molecule has 2 heteroatoms. The Morgan fingerprint density at radius 1 is 0.957 bits per heavy atom. The van der Waals surface area contributed by atoms with Crippen LogP contribution in [-0.4, -0.2) is 6.04 Å². The van der Waals surface area contributed by atoms with E-state index >= 15 is 0 Å². The van der Waals surface area contributed by atoms with Crippen LogP contribution >= 0.6 is 0 Å². The average Bonchev–Trinajstić information content (AvgIpc) is 2.57. The summed E-state index contributed by atoms with van der Waals surface area (Å²) in [6.07, 6.45) is 18.2. The predicted octanol–water partition coefficient (Wildman–Crippen LogP) is 7.55. The van der Waals surface area contributed by atoms with Crippen LogP contribution in [0.5, 0.6) is 0 Å². The average molecular weight is 401 g/mol. The summed E-state index contributed by atoms with van der Waals surface area (Å²) >= 11 is 1.55. The molecule has 0 aromatic carbocycles. The Morgan fingerprint density at radius 2 is 1.26 bits per heavy atom. The summed E-state index contributed by atoms with van der Waals surface area (Å²) in [5.74, 6) is 2.01. The zero-order chi connectivity index (χ0) is 17.9. The van der Waals surface area contributed by atoms with Crippen LogP contribution in [0, 0.1) is 31.6 Å². The van der Waals surface area contributed by atoms with Crippen molar-refractivity contribution in [2.75, 3.05) is 0 Å². The molecule has 0 spiro atoms. The predicted molar refractivity (Wildman–Crippen MR) is 102 cm³/mol. The molecule has 0 heterocycles. The number of hydrogen-bond donors (Lipinski definition) is 0. The molecule has 0 bridgehead atoms. The molecule has 1 nitrogen and oxygen atoms in total. The second-order valence-corrected chi connectivity index (χ2v) is 7.54. The molecule has 2 saturated carbocycles. The van der Waals surface area contributed by atoms with Gasteiger partial charge in [-0.05, 0) is 11.8 Å². The second-order valence-electron chi connectivity index (χ2n) is 6.97. The minimum absolute atomic E-state index is 0.582. The molecular weight excluding hydrogens is 359 g/mol. The van der Waals surface area contributed by atoms with Gasteiger partial charge in [-0.2, -0.15) is 32.1 Å². The minimum atomic E-state index is 0.582. The van der Waals surface area contributed by atoms with E-state index in [2.05, 4.69) is 50.8 Å². The van der Waals surface area contributed by atoms with E-state index in [1.54, 1.807) is 20.9 Å². The van der Waals surface area contributed by atoms with Crippen LogP contribution in [0.1, 0.15) is 98.8 Å². The van der Waals surface area contributed by atoms with E-state index in [1.807, 2.05) is 6.92 Å². The van der Waals surface area contributed by atoms with Gasteiger partial charge in [0, 0.05) is 0 Å². The third-order valence-corrected chi connectivity index (χ3v) is 5.21. The van der Waals surface area contributed by atoms with Crippen LogP contribution < -0.4 is 0 Å². The molecule has 2 rings (SSSR count). The normalized spacial score (nSPS) is 19.7. The molecule has 1 atom stereocenters. The monoisotopic (exact) mass is 401 g/mol. The molecule has 0 aromatic rings. The fourth-order valence-corrected chi connectivity index (χ4v) is 2.67. The number of hydrogen-bond acceptors (Lipinski definition) is 1. The maximum atomic E-state index is 4.06. The molecule has 2 fully saturated rings. The molecule has 0 aliphatic heterocycles. The van der Waals surface area contributed by atoms with Gasteiger partial charge in [0.05, 0.1) is 0 Å². The third kappa shape index (κ3) is 22.5. The molecule has 0 radical (unpaired) electrons. The van der Waals surface area contributed by atoms with Crippen molar-refractivity contribution in [2.45, 2.75) is 105 Å². The fraction of sp³-hybridized carbons (Fsp3) is 0.857. The van der Waals surface area contributed by atoms with Crippen molar-refractivity contribution in [3.63, 3.8) is 0 Å². The third-order valence-electron chi connectivity index (χ3n) is 4.24. The SMILES string of the molecule is CC1CC[CH-]CC1.CC1CC[CH-]CC1.CCC(C)[N]=[Nb].[CH2-]CC. The molecule has 0 saturated heterocycles. The van der Waals surface area contributed by atoms with E-state index < -0.39 is 0 Å². The van der Waals surface area contributed by atoms with Crippen molar-refractivity contribution >= 4 is 0 Å². The first-order chi connectivity index (χ1) is 11.0. The van der Waals surface area contributed by atoms with Crippen molar-refractivity contribution in [1.82, 2.24) is 0 Å². The maximum absolute atomic E-state index is 4.06. The Morgan fingerprint density at radius 3 is 1.35 bits per heavy atom.